The summed E-state index contributed by atoms with van der Waals surface area (Å²) in [6.45, 7) is 7.97. The molecule has 1 aliphatic rings. The number of hydrogen-bond acceptors (Lipinski definition) is 4. The highest BCUT2D eigenvalue weighted by Gasteiger charge is 2.24. The third-order valence-electron chi connectivity index (χ3n) is 3.47. The van der Waals surface area contributed by atoms with Gasteiger partial charge in [-0.05, 0) is 27.6 Å². The van der Waals surface area contributed by atoms with Crippen LogP contribution >= 0.6 is 0 Å². The van der Waals surface area contributed by atoms with Crippen LogP contribution in [0.4, 0.5) is 0 Å². The fraction of sp³-hybridized carbons (Fsp3) is 0.857. The Morgan fingerprint density at radius 2 is 1.60 bits per heavy atom. The maximum Gasteiger partial charge on any atom is 0.236 e. The molecule has 1 fully saturated rings. The van der Waals surface area contributed by atoms with E-state index in [1.54, 1.807) is 0 Å². The van der Waals surface area contributed by atoms with Gasteiger partial charge in [0, 0.05) is 38.6 Å². The molecule has 0 aromatic heterocycles. The third-order valence-corrected chi connectivity index (χ3v) is 3.47. The molecule has 0 saturated carbocycles. The van der Waals surface area contributed by atoms with Gasteiger partial charge in [0.05, 0.1) is 6.54 Å². The maximum absolute atomic E-state index is 12.1. The fourth-order valence-electron chi connectivity index (χ4n) is 2.39. The molecule has 1 aliphatic heterocycles. The first-order valence-electron chi connectivity index (χ1n) is 7.37. The van der Waals surface area contributed by atoms with Gasteiger partial charge in [-0.1, -0.05) is 6.92 Å². The lowest BCUT2D eigenvalue weighted by Gasteiger charge is -2.35. The van der Waals surface area contributed by atoms with Crippen molar-refractivity contribution in [2.45, 2.75) is 26.3 Å². The number of amides is 2. The van der Waals surface area contributed by atoms with E-state index in [2.05, 4.69) is 5.32 Å². The predicted molar refractivity (Wildman–Crippen MR) is 79.5 cm³/mol. The summed E-state index contributed by atoms with van der Waals surface area (Å²) in [6.07, 6.45) is 0.527. The fourth-order valence-corrected chi connectivity index (χ4v) is 2.39. The van der Waals surface area contributed by atoms with Crippen LogP contribution in [-0.2, 0) is 9.59 Å². The minimum absolute atomic E-state index is 0.142. The smallest absolute Gasteiger partial charge is 0.236 e. The summed E-state index contributed by atoms with van der Waals surface area (Å²) < 4.78 is 0. The lowest BCUT2D eigenvalue weighted by Crippen LogP contribution is -2.52. The number of rotatable bonds is 6. The van der Waals surface area contributed by atoms with Crippen molar-refractivity contribution in [3.63, 3.8) is 0 Å². The van der Waals surface area contributed by atoms with Gasteiger partial charge < -0.3 is 20.0 Å². The molecule has 1 heterocycles. The van der Waals surface area contributed by atoms with Crippen molar-refractivity contribution >= 4 is 11.8 Å². The van der Waals surface area contributed by atoms with Crippen LogP contribution in [0.25, 0.3) is 0 Å². The van der Waals surface area contributed by atoms with E-state index in [1.165, 1.54) is 0 Å². The molecule has 2 amide bonds. The Morgan fingerprint density at radius 3 is 2.05 bits per heavy atom. The highest BCUT2D eigenvalue weighted by molar-refractivity contribution is 5.79. The van der Waals surface area contributed by atoms with Crippen LogP contribution in [0.2, 0.25) is 0 Å². The molecule has 0 spiro atoms. The van der Waals surface area contributed by atoms with Crippen LogP contribution in [0.1, 0.15) is 20.3 Å². The molecule has 0 aromatic rings. The molecule has 1 atom stereocenters. The first-order valence-corrected chi connectivity index (χ1v) is 7.37. The summed E-state index contributed by atoms with van der Waals surface area (Å²) in [7, 11) is 3.78. The molecule has 1 N–H and O–H groups in total. The van der Waals surface area contributed by atoms with E-state index in [0.29, 0.717) is 39.1 Å². The standard InChI is InChI=1S/C14H28N4O2/c1-5-15-12(2)10-13(19)17-6-8-18(9-7-17)14(20)11-16(3)4/h12,15H,5-11H2,1-4H3. The van der Waals surface area contributed by atoms with Gasteiger partial charge in [0.15, 0.2) is 0 Å². The highest BCUT2D eigenvalue weighted by atomic mass is 16.2. The van der Waals surface area contributed by atoms with Gasteiger partial charge in [0.1, 0.15) is 0 Å². The zero-order valence-electron chi connectivity index (χ0n) is 13.2. The lowest BCUT2D eigenvalue weighted by molar-refractivity contribution is -0.140. The minimum atomic E-state index is 0.142. The van der Waals surface area contributed by atoms with Gasteiger partial charge in [-0.3, -0.25) is 9.59 Å². The molecule has 6 heteroatoms. The highest BCUT2D eigenvalue weighted by Crippen LogP contribution is 2.06. The van der Waals surface area contributed by atoms with Crippen LogP contribution in [0.15, 0.2) is 0 Å². The van der Waals surface area contributed by atoms with Gasteiger partial charge >= 0.3 is 0 Å². The molecule has 0 bridgehead atoms. The largest absolute Gasteiger partial charge is 0.339 e. The van der Waals surface area contributed by atoms with Gasteiger partial charge in [-0.2, -0.15) is 0 Å². The van der Waals surface area contributed by atoms with Crippen molar-refractivity contribution in [3.05, 3.63) is 0 Å². The van der Waals surface area contributed by atoms with Crippen molar-refractivity contribution in [1.82, 2.24) is 20.0 Å². The van der Waals surface area contributed by atoms with Gasteiger partial charge in [-0.25, -0.2) is 0 Å². The molecule has 20 heavy (non-hydrogen) atoms. The summed E-state index contributed by atoms with van der Waals surface area (Å²) in [5, 5.41) is 3.25. The average molecular weight is 284 g/mol. The second-order valence-corrected chi connectivity index (χ2v) is 5.66. The molecule has 1 rings (SSSR count). The minimum Gasteiger partial charge on any atom is -0.339 e. The molecule has 0 aromatic carbocycles. The molecule has 1 unspecified atom stereocenters. The quantitative estimate of drug-likeness (QED) is 0.721. The van der Waals surface area contributed by atoms with E-state index in [1.807, 2.05) is 42.6 Å². The number of nitrogens with one attached hydrogen (secondary N) is 1. The van der Waals surface area contributed by atoms with E-state index in [-0.39, 0.29) is 17.9 Å². The Kier molecular flexibility index (Phi) is 6.95. The van der Waals surface area contributed by atoms with Crippen molar-refractivity contribution in [1.29, 1.82) is 0 Å². The van der Waals surface area contributed by atoms with E-state index in [4.69, 9.17) is 0 Å². The summed E-state index contributed by atoms with van der Waals surface area (Å²) in [4.78, 5) is 29.6. The molecule has 6 nitrogen and oxygen atoms in total. The van der Waals surface area contributed by atoms with Crippen LogP contribution in [0.3, 0.4) is 0 Å². The molecule has 0 aliphatic carbocycles. The summed E-state index contributed by atoms with van der Waals surface area (Å²) in [5.74, 6) is 0.321. The van der Waals surface area contributed by atoms with Crippen molar-refractivity contribution in [2.24, 2.45) is 0 Å². The third kappa shape index (κ3) is 5.46. The second kappa shape index (κ2) is 8.21. The SMILES string of the molecule is CCNC(C)CC(=O)N1CCN(C(=O)CN(C)C)CC1. The van der Waals surface area contributed by atoms with E-state index >= 15 is 0 Å². The number of nitrogens with zero attached hydrogens (tertiary/aromatic N) is 3. The van der Waals surface area contributed by atoms with Crippen LogP contribution < -0.4 is 5.32 Å². The zero-order chi connectivity index (χ0) is 15.1. The normalized spacial score (nSPS) is 17.4. The topological polar surface area (TPSA) is 55.9 Å². The van der Waals surface area contributed by atoms with E-state index in [0.717, 1.165) is 6.54 Å². The first-order chi connectivity index (χ1) is 9.43. The molecule has 0 radical (unpaired) electrons. The van der Waals surface area contributed by atoms with Gasteiger partial charge in [-0.15, -0.1) is 0 Å². The number of carbonyl (C=O) groups excluding carboxylic acids is 2. The van der Waals surface area contributed by atoms with E-state index in [9.17, 15) is 9.59 Å². The van der Waals surface area contributed by atoms with Crippen molar-refractivity contribution in [2.75, 3.05) is 53.4 Å². The van der Waals surface area contributed by atoms with E-state index < -0.39 is 0 Å². The number of likely N-dealkylation sites (N-methyl/N-ethyl adjacent to an activating group) is 1. The second-order valence-electron chi connectivity index (χ2n) is 5.66. The van der Waals surface area contributed by atoms with Crippen LogP contribution in [0, 0.1) is 0 Å². The molecular formula is C14H28N4O2. The summed E-state index contributed by atoms with van der Waals surface area (Å²) >= 11 is 0. The maximum atomic E-state index is 12.1. The first kappa shape index (κ1) is 16.9. The monoisotopic (exact) mass is 284 g/mol. The number of carbonyl (C=O) groups is 2. The number of hydrogen-bond donors (Lipinski definition) is 1. The molecule has 1 saturated heterocycles. The molecular weight excluding hydrogens is 256 g/mol. The van der Waals surface area contributed by atoms with Crippen LogP contribution in [0.5, 0.6) is 0 Å². The Hall–Kier alpha value is -1.14. The van der Waals surface area contributed by atoms with Gasteiger partial charge in [0.2, 0.25) is 11.8 Å². The Balaban J connectivity index is 2.34. The average Bonchev–Trinajstić information content (AvgIpc) is 2.38. The Morgan fingerprint density at radius 1 is 1.10 bits per heavy atom. The van der Waals surface area contributed by atoms with Gasteiger partial charge in [0.25, 0.3) is 0 Å². The molecule has 116 valence electrons. The van der Waals surface area contributed by atoms with Crippen LogP contribution in [-0.4, -0.2) is 85.9 Å². The van der Waals surface area contributed by atoms with Crippen molar-refractivity contribution in [3.8, 4) is 0 Å². The zero-order valence-corrected chi connectivity index (χ0v) is 13.2. The number of piperazine rings is 1. The summed E-state index contributed by atoms with van der Waals surface area (Å²) in [5.41, 5.74) is 0. The predicted octanol–water partition coefficient (Wildman–Crippen LogP) is -0.393. The van der Waals surface area contributed by atoms with Crippen molar-refractivity contribution < 1.29 is 9.59 Å². The summed E-state index contributed by atoms with van der Waals surface area (Å²) in [6, 6.07) is 0.209. The lowest BCUT2D eigenvalue weighted by atomic mass is 10.2. The Labute approximate surface area is 122 Å². The Bertz CT molecular complexity index is 325.